The number of rotatable bonds is 5. The molecule has 1 N–H and O–H groups in total. The molecule has 1 amide bonds. The lowest BCUT2D eigenvalue weighted by atomic mass is 10.2. The van der Waals surface area contributed by atoms with Crippen molar-refractivity contribution in [3.05, 3.63) is 77.2 Å². The lowest BCUT2D eigenvalue weighted by molar-refractivity contribution is 0.102. The molecule has 0 atom stereocenters. The van der Waals surface area contributed by atoms with E-state index in [1.807, 2.05) is 78.7 Å². The predicted octanol–water partition coefficient (Wildman–Crippen LogP) is 4.30. The zero-order chi connectivity index (χ0) is 20.5. The van der Waals surface area contributed by atoms with Crippen molar-refractivity contribution in [3.8, 4) is 5.75 Å². The maximum absolute atomic E-state index is 12.9. The monoisotopic (exact) mass is 388 g/mol. The Morgan fingerprint density at radius 2 is 1.90 bits per heavy atom. The molecule has 2 heterocycles. The van der Waals surface area contributed by atoms with Gasteiger partial charge in [0, 0.05) is 23.8 Å². The topological polar surface area (TPSA) is 61.1 Å². The van der Waals surface area contributed by atoms with Gasteiger partial charge in [-0.05, 0) is 55.8 Å². The Morgan fingerprint density at radius 3 is 2.62 bits per heavy atom. The largest absolute Gasteiger partial charge is 0.496 e. The summed E-state index contributed by atoms with van der Waals surface area (Å²) in [6.45, 7) is 4.69. The minimum absolute atomic E-state index is 0.158. The number of anilines is 1. The van der Waals surface area contributed by atoms with E-state index >= 15 is 0 Å². The Kier molecular flexibility index (Phi) is 4.84. The first kappa shape index (κ1) is 18.8. The van der Waals surface area contributed by atoms with Gasteiger partial charge in [0.1, 0.15) is 11.4 Å². The second-order valence-corrected chi connectivity index (χ2v) is 7.22. The number of carbonyl (C=O) groups is 1. The zero-order valence-corrected chi connectivity index (χ0v) is 17.1. The molecule has 29 heavy (non-hydrogen) atoms. The summed E-state index contributed by atoms with van der Waals surface area (Å²) in [6.07, 6.45) is 0. The van der Waals surface area contributed by atoms with Crippen molar-refractivity contribution < 1.29 is 9.53 Å². The van der Waals surface area contributed by atoms with Crippen LogP contribution in [0.15, 0.2) is 54.6 Å². The van der Waals surface area contributed by atoms with Crippen LogP contribution in [0.4, 0.5) is 5.69 Å². The van der Waals surface area contributed by atoms with E-state index in [1.165, 1.54) is 0 Å². The second-order valence-electron chi connectivity index (χ2n) is 7.22. The molecule has 6 nitrogen and oxygen atoms in total. The molecule has 0 saturated carbocycles. The van der Waals surface area contributed by atoms with Gasteiger partial charge in [-0.2, -0.15) is 5.10 Å². The van der Waals surface area contributed by atoms with Gasteiger partial charge in [0.2, 0.25) is 0 Å². The van der Waals surface area contributed by atoms with Crippen LogP contribution in [0.3, 0.4) is 0 Å². The molecule has 0 radical (unpaired) electrons. The summed E-state index contributed by atoms with van der Waals surface area (Å²) in [4.78, 5) is 12.9. The maximum atomic E-state index is 12.9. The number of methoxy groups -OCH3 is 1. The molecule has 148 valence electrons. The quantitative estimate of drug-likeness (QED) is 0.554. The highest BCUT2D eigenvalue weighted by molar-refractivity contribution is 6.07. The maximum Gasteiger partial charge on any atom is 0.272 e. The third kappa shape index (κ3) is 3.61. The molecule has 0 aliphatic heterocycles. The molecule has 4 rings (SSSR count). The molecule has 6 heteroatoms. The Hall–Kier alpha value is -3.54. The first-order valence-electron chi connectivity index (χ1n) is 9.50. The lowest BCUT2D eigenvalue weighted by Crippen LogP contribution is -2.15. The molecule has 0 aliphatic rings. The van der Waals surface area contributed by atoms with Gasteiger partial charge in [-0.15, -0.1) is 0 Å². The number of nitrogens with one attached hydrogen (secondary N) is 1. The number of fused-ring (bicyclic) bond motifs is 1. The Bertz CT molecular complexity index is 1200. The minimum Gasteiger partial charge on any atom is -0.496 e. The van der Waals surface area contributed by atoms with E-state index in [0.717, 1.165) is 39.3 Å². The van der Waals surface area contributed by atoms with E-state index in [-0.39, 0.29) is 5.91 Å². The molecule has 0 bridgehead atoms. The van der Waals surface area contributed by atoms with Gasteiger partial charge in [0.15, 0.2) is 0 Å². The van der Waals surface area contributed by atoms with E-state index in [9.17, 15) is 4.79 Å². The summed E-state index contributed by atoms with van der Waals surface area (Å²) in [5.74, 6) is 0.595. The Balaban J connectivity index is 1.58. The van der Waals surface area contributed by atoms with Gasteiger partial charge in [0.25, 0.3) is 5.91 Å². The number of ether oxygens (including phenoxy) is 1. The predicted molar refractivity (Wildman–Crippen MR) is 115 cm³/mol. The number of hydrogen-bond donors (Lipinski definition) is 1. The number of nitrogens with zero attached hydrogens (tertiary/aromatic N) is 3. The van der Waals surface area contributed by atoms with E-state index in [1.54, 1.807) is 7.11 Å². The van der Waals surface area contributed by atoms with Crippen LogP contribution >= 0.6 is 0 Å². The molecular formula is C23H24N4O2. The second kappa shape index (κ2) is 7.47. The number of amides is 1. The lowest BCUT2D eigenvalue weighted by Gasteiger charge is -2.09. The van der Waals surface area contributed by atoms with Crippen molar-refractivity contribution in [3.63, 3.8) is 0 Å². The van der Waals surface area contributed by atoms with Gasteiger partial charge in [-0.1, -0.05) is 18.2 Å². The highest BCUT2D eigenvalue weighted by Gasteiger charge is 2.16. The van der Waals surface area contributed by atoms with Crippen LogP contribution in [0.25, 0.3) is 10.9 Å². The molecule has 2 aromatic heterocycles. The van der Waals surface area contributed by atoms with Crippen molar-refractivity contribution in [2.45, 2.75) is 20.4 Å². The fourth-order valence-electron chi connectivity index (χ4n) is 3.68. The van der Waals surface area contributed by atoms with E-state index < -0.39 is 0 Å². The molecule has 0 saturated heterocycles. The van der Waals surface area contributed by atoms with E-state index in [0.29, 0.717) is 12.2 Å². The molecule has 0 fully saturated rings. The van der Waals surface area contributed by atoms with Crippen molar-refractivity contribution in [2.75, 3.05) is 12.4 Å². The van der Waals surface area contributed by atoms with Crippen LogP contribution in [0.1, 0.15) is 27.4 Å². The average molecular weight is 388 g/mol. The van der Waals surface area contributed by atoms with Crippen LogP contribution < -0.4 is 10.1 Å². The van der Waals surface area contributed by atoms with Crippen molar-refractivity contribution in [1.29, 1.82) is 0 Å². The van der Waals surface area contributed by atoms with Crippen LogP contribution in [0, 0.1) is 13.8 Å². The summed E-state index contributed by atoms with van der Waals surface area (Å²) in [5.41, 5.74) is 5.47. The van der Waals surface area contributed by atoms with Gasteiger partial charge < -0.3 is 14.6 Å². The first-order chi connectivity index (χ1) is 14.0. The normalized spacial score (nSPS) is 11.0. The van der Waals surface area contributed by atoms with Crippen LogP contribution in [-0.2, 0) is 13.6 Å². The van der Waals surface area contributed by atoms with Crippen molar-refractivity contribution in [1.82, 2.24) is 14.3 Å². The number of carbonyl (C=O) groups excluding carboxylic acids is 1. The third-order valence-electron chi connectivity index (χ3n) is 5.12. The van der Waals surface area contributed by atoms with Crippen LogP contribution in [0.5, 0.6) is 5.75 Å². The van der Waals surface area contributed by atoms with Gasteiger partial charge >= 0.3 is 0 Å². The van der Waals surface area contributed by atoms with E-state index in [4.69, 9.17) is 4.74 Å². The summed E-state index contributed by atoms with van der Waals surface area (Å²) in [7, 11) is 3.52. The number of benzene rings is 2. The molecule has 0 spiro atoms. The average Bonchev–Trinajstić information content (AvgIpc) is 3.20. The van der Waals surface area contributed by atoms with Crippen molar-refractivity contribution in [2.24, 2.45) is 7.05 Å². The number of aryl methyl sites for hydroxylation is 3. The van der Waals surface area contributed by atoms with Crippen molar-refractivity contribution >= 4 is 22.5 Å². The Morgan fingerprint density at radius 1 is 1.10 bits per heavy atom. The standard InChI is InChI=1S/C23H24N4O2/c1-15-11-16(2)27(25-15)14-17-7-5-8-18(12-17)24-23(28)21-13-19-20(26(21)3)9-6-10-22(19)29-4/h5-13H,14H2,1-4H3,(H,24,28). The fourth-order valence-corrected chi connectivity index (χ4v) is 3.68. The Labute approximate surface area is 169 Å². The highest BCUT2D eigenvalue weighted by Crippen LogP contribution is 2.28. The third-order valence-corrected chi connectivity index (χ3v) is 5.12. The number of aromatic nitrogens is 3. The summed E-state index contributed by atoms with van der Waals surface area (Å²) >= 11 is 0. The summed E-state index contributed by atoms with van der Waals surface area (Å²) in [5, 5.41) is 8.44. The van der Waals surface area contributed by atoms with Gasteiger partial charge in [0.05, 0.1) is 24.9 Å². The smallest absolute Gasteiger partial charge is 0.272 e. The molecule has 4 aromatic rings. The minimum atomic E-state index is -0.158. The zero-order valence-electron chi connectivity index (χ0n) is 17.1. The van der Waals surface area contributed by atoms with Gasteiger partial charge in [-0.25, -0.2) is 0 Å². The summed E-state index contributed by atoms with van der Waals surface area (Å²) < 4.78 is 9.27. The molecular weight excluding hydrogens is 364 g/mol. The van der Waals surface area contributed by atoms with Crippen LogP contribution in [0.2, 0.25) is 0 Å². The molecule has 0 aliphatic carbocycles. The highest BCUT2D eigenvalue weighted by atomic mass is 16.5. The number of hydrogen-bond acceptors (Lipinski definition) is 3. The SMILES string of the molecule is COc1cccc2c1cc(C(=O)Nc1cccc(Cn3nc(C)cc3C)c1)n2C. The van der Waals surface area contributed by atoms with Crippen LogP contribution in [-0.4, -0.2) is 27.4 Å². The summed E-state index contributed by atoms with van der Waals surface area (Å²) in [6, 6.07) is 17.6. The van der Waals surface area contributed by atoms with E-state index in [2.05, 4.69) is 16.5 Å². The fraction of sp³-hybridized carbons (Fsp3) is 0.217. The first-order valence-corrected chi connectivity index (χ1v) is 9.50. The van der Waals surface area contributed by atoms with Gasteiger partial charge in [-0.3, -0.25) is 9.48 Å². The molecule has 2 aromatic carbocycles. The molecule has 0 unspecified atom stereocenters.